The number of rotatable bonds is 56. The molecule has 0 radical (unpaired) electrons. The molecule has 1 unspecified atom stereocenters. The zero-order valence-electron chi connectivity index (χ0n) is 50.8. The maximum absolute atomic E-state index is 12.9. The van der Waals surface area contributed by atoms with E-state index in [0.717, 1.165) is 128 Å². The molecule has 0 saturated carbocycles. The number of esters is 3. The van der Waals surface area contributed by atoms with Crippen LogP contribution in [0.1, 0.15) is 265 Å². The molecule has 0 aliphatic rings. The molecule has 0 aliphatic carbocycles. The predicted molar refractivity (Wildman–Crippen MR) is 343 cm³/mol. The van der Waals surface area contributed by atoms with Crippen molar-refractivity contribution in [3.63, 3.8) is 0 Å². The zero-order chi connectivity index (χ0) is 57.1. The van der Waals surface area contributed by atoms with Crippen molar-refractivity contribution in [1.82, 2.24) is 0 Å². The lowest BCUT2D eigenvalue weighted by atomic mass is 10.1. The molecule has 0 heterocycles. The first-order valence-electron chi connectivity index (χ1n) is 32.0. The van der Waals surface area contributed by atoms with Gasteiger partial charge in [-0.1, -0.05) is 269 Å². The Morgan fingerprint density at radius 1 is 0.266 bits per heavy atom. The fourth-order valence-corrected chi connectivity index (χ4v) is 8.29. The van der Waals surface area contributed by atoms with Gasteiger partial charge in [0.05, 0.1) is 0 Å². The Morgan fingerprint density at radius 2 is 0.519 bits per heavy atom. The summed E-state index contributed by atoms with van der Waals surface area (Å²) in [5.74, 6) is -1.03. The molecule has 0 saturated heterocycles. The molecule has 0 N–H and O–H groups in total. The maximum Gasteiger partial charge on any atom is 0.306 e. The number of carbonyl (C=O) groups excluding carboxylic acids is 3. The van der Waals surface area contributed by atoms with Gasteiger partial charge in [-0.05, 0) is 135 Å². The molecule has 0 spiro atoms. The Hall–Kier alpha value is -4.97. The van der Waals surface area contributed by atoms with Crippen molar-refractivity contribution >= 4 is 17.9 Å². The Kier molecular flexibility index (Phi) is 61.4. The van der Waals surface area contributed by atoms with E-state index in [1.807, 2.05) is 12.2 Å². The average molecular weight is 1090 g/mol. The smallest absolute Gasteiger partial charge is 0.306 e. The number of carbonyl (C=O) groups is 3. The molecule has 6 nitrogen and oxygen atoms in total. The molecule has 0 aromatic rings. The standard InChI is InChI=1S/C73H116O6/c1-4-7-10-13-16-19-22-25-28-31-33-34-35-36-37-38-40-42-45-48-51-54-57-60-63-66-72(75)78-69-70(68-77-71(74)65-62-59-56-53-50-47-44-41-30-27-24-21-18-15-12-9-6-3)79-73(76)67-64-61-58-55-52-49-46-43-39-32-29-26-23-20-17-14-11-8-5-2/h7-8,10-11,16-17,19-20,25-30,33-34,36-37,39-40,42-43,49,52,58,61,70H,4-6,9,12-15,18,21-24,31-32,35,38,41,44-48,50-51,53-57,59-60,62-69H2,1-3H3/b10-7-,11-8-,19-16-,20-17-,28-25-,29-26-,30-27-,34-33-,37-36-,42-40-,43-39-,52-49-,61-58-. The van der Waals surface area contributed by atoms with Crippen LogP contribution >= 0.6 is 0 Å². The van der Waals surface area contributed by atoms with E-state index in [1.165, 1.54) is 89.9 Å². The first-order valence-corrected chi connectivity index (χ1v) is 32.0. The third-order valence-corrected chi connectivity index (χ3v) is 13.0. The first kappa shape index (κ1) is 74.0. The van der Waals surface area contributed by atoms with Crippen molar-refractivity contribution in [2.45, 2.75) is 271 Å². The summed E-state index contributed by atoms with van der Waals surface area (Å²) in [5, 5.41) is 0. The lowest BCUT2D eigenvalue weighted by Crippen LogP contribution is -2.30. The molecule has 79 heavy (non-hydrogen) atoms. The second-order valence-electron chi connectivity index (χ2n) is 20.5. The summed E-state index contributed by atoms with van der Waals surface area (Å²) < 4.78 is 16.8. The highest BCUT2D eigenvalue weighted by Gasteiger charge is 2.19. The number of hydrogen-bond donors (Lipinski definition) is 0. The second-order valence-corrected chi connectivity index (χ2v) is 20.5. The monoisotopic (exact) mass is 1090 g/mol. The van der Waals surface area contributed by atoms with E-state index < -0.39 is 12.1 Å². The Balaban J connectivity index is 4.53. The summed E-state index contributed by atoms with van der Waals surface area (Å²) in [4.78, 5) is 38.3. The Morgan fingerprint density at radius 3 is 0.835 bits per heavy atom. The molecule has 6 heteroatoms. The number of allylic oxidation sites excluding steroid dienone is 26. The van der Waals surface area contributed by atoms with Gasteiger partial charge in [0.2, 0.25) is 0 Å². The third-order valence-electron chi connectivity index (χ3n) is 13.0. The largest absolute Gasteiger partial charge is 0.462 e. The van der Waals surface area contributed by atoms with Gasteiger partial charge in [-0.3, -0.25) is 14.4 Å². The van der Waals surface area contributed by atoms with Gasteiger partial charge in [0.15, 0.2) is 6.10 Å². The Labute approximate surface area is 486 Å². The van der Waals surface area contributed by atoms with Crippen LogP contribution in [-0.4, -0.2) is 37.2 Å². The first-order chi connectivity index (χ1) is 39.0. The Bertz CT molecular complexity index is 1780. The lowest BCUT2D eigenvalue weighted by molar-refractivity contribution is -0.166. The van der Waals surface area contributed by atoms with Crippen LogP contribution in [0.2, 0.25) is 0 Å². The highest BCUT2D eigenvalue weighted by atomic mass is 16.6. The van der Waals surface area contributed by atoms with Gasteiger partial charge in [0.25, 0.3) is 0 Å². The van der Waals surface area contributed by atoms with Gasteiger partial charge >= 0.3 is 17.9 Å². The van der Waals surface area contributed by atoms with E-state index in [2.05, 4.69) is 167 Å². The van der Waals surface area contributed by atoms with Crippen molar-refractivity contribution in [3.8, 4) is 0 Å². The average Bonchev–Trinajstić information content (AvgIpc) is 3.45. The van der Waals surface area contributed by atoms with Crippen LogP contribution in [0, 0.1) is 0 Å². The van der Waals surface area contributed by atoms with Gasteiger partial charge in [0.1, 0.15) is 13.2 Å². The molecule has 0 aromatic heterocycles. The number of ether oxygens (including phenoxy) is 3. The van der Waals surface area contributed by atoms with E-state index in [1.54, 1.807) is 0 Å². The van der Waals surface area contributed by atoms with Gasteiger partial charge < -0.3 is 14.2 Å². The van der Waals surface area contributed by atoms with Crippen LogP contribution in [0.4, 0.5) is 0 Å². The quantitative estimate of drug-likeness (QED) is 0.0261. The van der Waals surface area contributed by atoms with Gasteiger partial charge in [-0.2, -0.15) is 0 Å². The normalized spacial score (nSPS) is 13.2. The molecular weight excluding hydrogens is 973 g/mol. The van der Waals surface area contributed by atoms with Crippen LogP contribution in [0.3, 0.4) is 0 Å². The molecule has 0 aliphatic heterocycles. The minimum atomic E-state index is -0.836. The van der Waals surface area contributed by atoms with Crippen molar-refractivity contribution in [2.75, 3.05) is 13.2 Å². The molecule has 0 fully saturated rings. The van der Waals surface area contributed by atoms with Crippen LogP contribution in [0.25, 0.3) is 0 Å². The van der Waals surface area contributed by atoms with E-state index in [4.69, 9.17) is 14.2 Å². The van der Waals surface area contributed by atoms with Crippen LogP contribution in [-0.2, 0) is 28.6 Å². The van der Waals surface area contributed by atoms with Gasteiger partial charge in [-0.15, -0.1) is 0 Å². The maximum atomic E-state index is 12.9. The topological polar surface area (TPSA) is 78.9 Å². The van der Waals surface area contributed by atoms with Crippen molar-refractivity contribution in [2.24, 2.45) is 0 Å². The fourth-order valence-electron chi connectivity index (χ4n) is 8.29. The molecule has 444 valence electrons. The predicted octanol–water partition coefficient (Wildman–Crippen LogP) is 22.1. The number of unbranched alkanes of at least 4 members (excludes halogenated alkanes) is 19. The highest BCUT2D eigenvalue weighted by Crippen LogP contribution is 2.14. The molecule has 0 aromatic carbocycles. The summed E-state index contributed by atoms with van der Waals surface area (Å²) in [7, 11) is 0. The molecule has 0 rings (SSSR count). The minimum absolute atomic E-state index is 0.121. The molecular formula is C73H116O6. The van der Waals surface area contributed by atoms with Crippen molar-refractivity contribution in [1.29, 1.82) is 0 Å². The van der Waals surface area contributed by atoms with E-state index in [-0.39, 0.29) is 31.6 Å². The highest BCUT2D eigenvalue weighted by molar-refractivity contribution is 5.71. The minimum Gasteiger partial charge on any atom is -0.462 e. The summed E-state index contributed by atoms with van der Waals surface area (Å²) in [5.41, 5.74) is 0. The van der Waals surface area contributed by atoms with Gasteiger partial charge in [-0.25, -0.2) is 0 Å². The summed E-state index contributed by atoms with van der Waals surface area (Å²) in [6.07, 6.45) is 95.4. The van der Waals surface area contributed by atoms with E-state index >= 15 is 0 Å². The molecule has 0 bridgehead atoms. The van der Waals surface area contributed by atoms with Gasteiger partial charge in [0, 0.05) is 19.3 Å². The SMILES string of the molecule is CC/C=C\C/C=C\C/C=C\C/C=C\C/C=C\C/C=C\CCCCCCCCC(=O)OCC(COC(=O)CCCCCCCCC/C=C\CCCCCCCC)OC(=O)CC/C=C\C/C=C\C/C=C\C/C=C\C/C=C\C/C=C\CC. The molecule has 0 amide bonds. The lowest BCUT2D eigenvalue weighted by Gasteiger charge is -2.18. The fraction of sp³-hybridized carbons (Fsp3) is 0.603. The van der Waals surface area contributed by atoms with E-state index in [0.29, 0.717) is 19.3 Å². The third kappa shape index (κ3) is 63.7. The van der Waals surface area contributed by atoms with Crippen LogP contribution < -0.4 is 0 Å². The van der Waals surface area contributed by atoms with Crippen LogP contribution in [0.15, 0.2) is 158 Å². The summed E-state index contributed by atoms with van der Waals surface area (Å²) in [6, 6.07) is 0. The van der Waals surface area contributed by atoms with Crippen molar-refractivity contribution < 1.29 is 28.6 Å². The zero-order valence-corrected chi connectivity index (χ0v) is 50.8. The number of hydrogen-bond acceptors (Lipinski definition) is 6. The van der Waals surface area contributed by atoms with Crippen LogP contribution in [0.5, 0.6) is 0 Å². The van der Waals surface area contributed by atoms with E-state index in [9.17, 15) is 14.4 Å². The molecule has 1 atom stereocenters. The second kappa shape index (κ2) is 65.5. The summed E-state index contributed by atoms with van der Waals surface area (Å²) >= 11 is 0. The van der Waals surface area contributed by atoms with Crippen molar-refractivity contribution in [3.05, 3.63) is 158 Å². The summed E-state index contributed by atoms with van der Waals surface area (Å²) in [6.45, 7) is 6.33.